The highest BCUT2D eigenvalue weighted by molar-refractivity contribution is 7.89. The smallest absolute Gasteiger partial charge is 0.243 e. The van der Waals surface area contributed by atoms with Crippen LogP contribution in [0.4, 0.5) is 10.1 Å². The average molecular weight is 474 g/mol. The van der Waals surface area contributed by atoms with Crippen LogP contribution in [-0.2, 0) is 21.4 Å². The van der Waals surface area contributed by atoms with Crippen LogP contribution in [0.25, 0.3) is 0 Å². The van der Waals surface area contributed by atoms with E-state index in [1.165, 1.54) is 35.0 Å². The summed E-state index contributed by atoms with van der Waals surface area (Å²) in [6.07, 6.45) is 3.46. The number of piperidine rings is 2. The lowest BCUT2D eigenvalue weighted by atomic mass is 9.97. The minimum atomic E-state index is -3.67. The molecule has 1 atom stereocenters. The summed E-state index contributed by atoms with van der Waals surface area (Å²) in [6.45, 7) is 5.49. The van der Waals surface area contributed by atoms with Crippen LogP contribution in [0.2, 0.25) is 0 Å². The van der Waals surface area contributed by atoms with Gasteiger partial charge in [0.15, 0.2) is 0 Å². The van der Waals surface area contributed by atoms with Crippen LogP contribution in [0.1, 0.15) is 38.2 Å². The highest BCUT2D eigenvalue weighted by Crippen LogP contribution is 2.25. The first-order valence-corrected chi connectivity index (χ1v) is 13.1. The zero-order valence-electron chi connectivity index (χ0n) is 19.0. The molecular weight excluding hydrogens is 441 g/mol. The summed E-state index contributed by atoms with van der Waals surface area (Å²) in [5, 5.41) is 3.00. The zero-order chi connectivity index (χ0) is 23.4. The second-order valence-corrected chi connectivity index (χ2v) is 11.1. The third-order valence-corrected chi connectivity index (χ3v) is 8.61. The molecule has 2 saturated heterocycles. The van der Waals surface area contributed by atoms with Gasteiger partial charge in [-0.2, -0.15) is 4.31 Å². The Morgan fingerprint density at radius 2 is 1.67 bits per heavy atom. The van der Waals surface area contributed by atoms with E-state index in [4.69, 9.17) is 0 Å². The van der Waals surface area contributed by atoms with Crippen molar-refractivity contribution in [2.24, 2.45) is 11.8 Å². The Balaban J connectivity index is 1.26. The monoisotopic (exact) mass is 473 g/mol. The molecule has 8 heteroatoms. The van der Waals surface area contributed by atoms with E-state index in [9.17, 15) is 17.6 Å². The lowest BCUT2D eigenvalue weighted by Gasteiger charge is -2.33. The maximum absolute atomic E-state index is 13.1. The number of amides is 1. The van der Waals surface area contributed by atoms with E-state index in [2.05, 4.69) is 41.4 Å². The molecule has 2 aliphatic rings. The summed E-state index contributed by atoms with van der Waals surface area (Å²) in [5.41, 5.74) is 2.28. The minimum absolute atomic E-state index is 0.0391. The van der Waals surface area contributed by atoms with Crippen molar-refractivity contribution in [3.63, 3.8) is 0 Å². The highest BCUT2D eigenvalue weighted by atomic mass is 32.2. The van der Waals surface area contributed by atoms with Gasteiger partial charge in [-0.15, -0.1) is 0 Å². The fourth-order valence-electron chi connectivity index (χ4n) is 4.70. The molecule has 178 valence electrons. The third kappa shape index (κ3) is 5.73. The van der Waals surface area contributed by atoms with Crippen molar-refractivity contribution in [1.29, 1.82) is 0 Å². The van der Waals surface area contributed by atoms with E-state index in [-0.39, 0.29) is 29.8 Å². The van der Waals surface area contributed by atoms with Crippen LogP contribution in [0.3, 0.4) is 0 Å². The molecule has 0 radical (unpaired) electrons. The average Bonchev–Trinajstić information content (AvgIpc) is 2.83. The van der Waals surface area contributed by atoms with Crippen molar-refractivity contribution in [2.75, 3.05) is 31.1 Å². The van der Waals surface area contributed by atoms with Crippen molar-refractivity contribution in [1.82, 2.24) is 9.62 Å². The molecule has 1 amide bonds. The van der Waals surface area contributed by atoms with Crippen LogP contribution in [0, 0.1) is 17.7 Å². The number of sulfonamides is 1. The standard InChI is InChI=1S/C25H32FN3O3S/c1-19-3-2-14-28(18-19)23-8-4-20(5-9-23)17-27-25(30)21-12-15-29(16-13-21)33(31,32)24-10-6-22(26)7-11-24/h4-11,19,21H,2-3,12-18H2,1H3,(H,27,30)/t19-/m1/s1. The lowest BCUT2D eigenvalue weighted by Crippen LogP contribution is -2.42. The normalized spacial score (nSPS) is 20.5. The number of carbonyl (C=O) groups excluding carboxylic acids is 1. The summed E-state index contributed by atoms with van der Waals surface area (Å²) in [6, 6.07) is 13.2. The topological polar surface area (TPSA) is 69.7 Å². The molecule has 0 spiro atoms. The Hall–Kier alpha value is -2.45. The number of hydrogen-bond acceptors (Lipinski definition) is 4. The first-order chi connectivity index (χ1) is 15.8. The second-order valence-electron chi connectivity index (χ2n) is 9.21. The van der Waals surface area contributed by atoms with Crippen LogP contribution < -0.4 is 10.2 Å². The Labute approximate surface area is 195 Å². The SMILES string of the molecule is C[C@@H]1CCCN(c2ccc(CNC(=O)C3CCN(S(=O)(=O)c4ccc(F)cc4)CC3)cc2)C1. The molecule has 0 bridgehead atoms. The van der Waals surface area contributed by atoms with Crippen molar-refractivity contribution in [3.8, 4) is 0 Å². The first-order valence-electron chi connectivity index (χ1n) is 11.7. The summed E-state index contributed by atoms with van der Waals surface area (Å²) in [5.74, 6) is -0.00332. The maximum Gasteiger partial charge on any atom is 0.243 e. The number of carbonyl (C=O) groups is 1. The predicted molar refractivity (Wildman–Crippen MR) is 127 cm³/mol. The molecule has 2 fully saturated rings. The molecule has 1 N–H and O–H groups in total. The Morgan fingerprint density at radius 3 is 2.30 bits per heavy atom. The van der Waals surface area contributed by atoms with Crippen LogP contribution in [-0.4, -0.2) is 44.8 Å². The highest BCUT2D eigenvalue weighted by Gasteiger charge is 2.32. The Morgan fingerprint density at radius 1 is 1.00 bits per heavy atom. The first kappa shape index (κ1) is 23.7. The van der Waals surface area contributed by atoms with E-state index in [1.807, 2.05) is 0 Å². The Kier molecular flexibility index (Phi) is 7.34. The molecule has 6 nitrogen and oxygen atoms in total. The number of rotatable bonds is 6. The number of hydrogen-bond donors (Lipinski definition) is 1. The van der Waals surface area contributed by atoms with Crippen molar-refractivity contribution < 1.29 is 17.6 Å². The van der Waals surface area contributed by atoms with Gasteiger partial charge in [0.05, 0.1) is 4.90 Å². The molecule has 0 saturated carbocycles. The van der Waals surface area contributed by atoms with E-state index in [1.54, 1.807) is 0 Å². The molecule has 2 aromatic rings. The molecule has 33 heavy (non-hydrogen) atoms. The molecule has 0 aliphatic carbocycles. The van der Waals surface area contributed by atoms with E-state index < -0.39 is 15.8 Å². The van der Waals surface area contributed by atoms with Gasteiger partial charge in [0.25, 0.3) is 0 Å². The Bertz CT molecular complexity index is 1050. The van der Waals surface area contributed by atoms with Gasteiger partial charge in [0.2, 0.25) is 15.9 Å². The minimum Gasteiger partial charge on any atom is -0.371 e. The summed E-state index contributed by atoms with van der Waals surface area (Å²) in [4.78, 5) is 15.2. The van der Waals surface area contributed by atoms with Crippen LogP contribution in [0.5, 0.6) is 0 Å². The maximum atomic E-state index is 13.1. The summed E-state index contributed by atoms with van der Waals surface area (Å²) in [7, 11) is -3.67. The number of anilines is 1. The largest absolute Gasteiger partial charge is 0.371 e. The molecular formula is C25H32FN3O3S. The molecule has 4 rings (SSSR count). The lowest BCUT2D eigenvalue weighted by molar-refractivity contribution is -0.126. The van der Waals surface area contributed by atoms with Crippen LogP contribution >= 0.6 is 0 Å². The quantitative estimate of drug-likeness (QED) is 0.693. The van der Waals surface area contributed by atoms with Crippen molar-refractivity contribution in [3.05, 3.63) is 59.9 Å². The van der Waals surface area contributed by atoms with E-state index in [0.717, 1.165) is 36.7 Å². The van der Waals surface area contributed by atoms with Crippen molar-refractivity contribution >= 4 is 21.6 Å². The summed E-state index contributed by atoms with van der Waals surface area (Å²) >= 11 is 0. The fourth-order valence-corrected chi connectivity index (χ4v) is 6.17. The van der Waals surface area contributed by atoms with Gasteiger partial charge in [0, 0.05) is 44.3 Å². The second kappa shape index (κ2) is 10.2. The fraction of sp³-hybridized carbons (Fsp3) is 0.480. The van der Waals surface area contributed by atoms with Crippen LogP contribution in [0.15, 0.2) is 53.4 Å². The van der Waals surface area contributed by atoms with Crippen molar-refractivity contribution in [2.45, 2.75) is 44.0 Å². The molecule has 0 unspecified atom stereocenters. The molecule has 2 aliphatic heterocycles. The number of nitrogens with zero attached hydrogens (tertiary/aromatic N) is 2. The summed E-state index contributed by atoms with van der Waals surface area (Å²) < 4.78 is 40.0. The third-order valence-electron chi connectivity index (χ3n) is 6.70. The van der Waals surface area contributed by atoms with Gasteiger partial charge < -0.3 is 10.2 Å². The molecule has 0 aromatic heterocycles. The van der Waals surface area contributed by atoms with Gasteiger partial charge in [-0.25, -0.2) is 12.8 Å². The number of benzene rings is 2. The molecule has 2 aromatic carbocycles. The van der Waals surface area contributed by atoms with E-state index in [0.29, 0.717) is 19.4 Å². The van der Waals surface area contributed by atoms with Gasteiger partial charge in [-0.1, -0.05) is 19.1 Å². The van der Waals surface area contributed by atoms with Gasteiger partial charge >= 0.3 is 0 Å². The number of nitrogens with one attached hydrogen (secondary N) is 1. The van der Waals surface area contributed by atoms with Gasteiger partial charge in [0.1, 0.15) is 5.82 Å². The van der Waals surface area contributed by atoms with Gasteiger partial charge in [-0.05, 0) is 73.6 Å². The van der Waals surface area contributed by atoms with Gasteiger partial charge in [-0.3, -0.25) is 4.79 Å². The molecule has 2 heterocycles. The number of halogens is 1. The zero-order valence-corrected chi connectivity index (χ0v) is 19.9. The predicted octanol–water partition coefficient (Wildman–Crippen LogP) is 3.78. The van der Waals surface area contributed by atoms with E-state index >= 15 is 0 Å².